The molecular formula is C12H15FN2O. The number of benzene rings is 1. The zero-order valence-electron chi connectivity index (χ0n) is 9.37. The van der Waals surface area contributed by atoms with Crippen LogP contribution in [0.2, 0.25) is 0 Å². The molecule has 0 saturated carbocycles. The van der Waals surface area contributed by atoms with Crippen LogP contribution in [0.25, 0.3) is 0 Å². The topological polar surface area (TPSA) is 56.0 Å². The second kappa shape index (κ2) is 5.59. The number of aliphatic hydroxyl groups is 1. The molecule has 0 heterocycles. The van der Waals surface area contributed by atoms with Gasteiger partial charge in [0, 0.05) is 12.5 Å². The number of nitrogens with one attached hydrogen (secondary N) is 1. The monoisotopic (exact) mass is 222 g/mol. The van der Waals surface area contributed by atoms with Gasteiger partial charge in [-0.2, -0.15) is 5.26 Å². The molecule has 0 spiro atoms. The number of hydrogen-bond acceptors (Lipinski definition) is 3. The summed E-state index contributed by atoms with van der Waals surface area (Å²) >= 11 is 0. The molecule has 0 amide bonds. The molecule has 0 aliphatic carbocycles. The van der Waals surface area contributed by atoms with E-state index in [2.05, 4.69) is 5.32 Å². The van der Waals surface area contributed by atoms with Crippen LogP contribution in [0.15, 0.2) is 18.2 Å². The lowest BCUT2D eigenvalue weighted by atomic mass is 10.1. The lowest BCUT2D eigenvalue weighted by molar-refractivity contribution is 0.127. The molecule has 2 N–H and O–H groups in total. The summed E-state index contributed by atoms with van der Waals surface area (Å²) < 4.78 is 13.1. The van der Waals surface area contributed by atoms with Gasteiger partial charge in [0.2, 0.25) is 0 Å². The minimum absolute atomic E-state index is 0.152. The van der Waals surface area contributed by atoms with E-state index in [0.29, 0.717) is 5.56 Å². The third-order valence-corrected chi connectivity index (χ3v) is 2.04. The quantitative estimate of drug-likeness (QED) is 0.760. The maximum atomic E-state index is 13.1. The summed E-state index contributed by atoms with van der Waals surface area (Å²) in [5, 5.41) is 21.2. The first-order chi connectivity index (χ1) is 7.51. The average Bonchev–Trinajstić information content (AvgIpc) is 2.14. The van der Waals surface area contributed by atoms with Gasteiger partial charge >= 0.3 is 0 Å². The molecular weight excluding hydrogens is 207 g/mol. The lowest BCUT2D eigenvalue weighted by Crippen LogP contribution is -2.36. The molecule has 3 nitrogen and oxygen atoms in total. The average molecular weight is 222 g/mol. The van der Waals surface area contributed by atoms with Gasteiger partial charge in [-0.15, -0.1) is 0 Å². The Morgan fingerprint density at radius 1 is 1.44 bits per heavy atom. The van der Waals surface area contributed by atoms with Gasteiger partial charge in [0.15, 0.2) is 0 Å². The van der Waals surface area contributed by atoms with Crippen LogP contribution in [-0.4, -0.2) is 17.4 Å². The lowest BCUT2D eigenvalue weighted by Gasteiger charge is -2.15. The van der Waals surface area contributed by atoms with E-state index in [-0.39, 0.29) is 18.0 Å². The smallest absolute Gasteiger partial charge is 0.124 e. The molecule has 0 radical (unpaired) electrons. The van der Waals surface area contributed by atoms with Crippen LogP contribution in [-0.2, 0) is 6.42 Å². The summed E-state index contributed by atoms with van der Waals surface area (Å²) in [6, 6.07) is 6.11. The van der Waals surface area contributed by atoms with Crippen molar-refractivity contribution in [2.24, 2.45) is 0 Å². The second-order valence-corrected chi connectivity index (χ2v) is 4.00. The Hall–Kier alpha value is -1.44. The summed E-state index contributed by atoms with van der Waals surface area (Å²) in [7, 11) is 0. The normalized spacial score (nSPS) is 12.5. The maximum absolute atomic E-state index is 13.1. The molecule has 4 heteroatoms. The van der Waals surface area contributed by atoms with Gasteiger partial charge in [0.05, 0.1) is 11.6 Å². The third-order valence-electron chi connectivity index (χ3n) is 2.04. The molecule has 0 aliphatic rings. The fourth-order valence-corrected chi connectivity index (χ4v) is 1.50. The van der Waals surface area contributed by atoms with Crippen LogP contribution in [0.1, 0.15) is 25.0 Å². The first kappa shape index (κ1) is 12.6. The first-order valence-corrected chi connectivity index (χ1v) is 5.15. The van der Waals surface area contributed by atoms with Crippen molar-refractivity contribution >= 4 is 0 Å². The van der Waals surface area contributed by atoms with Gasteiger partial charge in [-0.25, -0.2) is 4.39 Å². The van der Waals surface area contributed by atoms with Gasteiger partial charge in [-0.3, -0.25) is 5.32 Å². The molecule has 0 fully saturated rings. The van der Waals surface area contributed by atoms with Crippen molar-refractivity contribution in [3.05, 3.63) is 35.1 Å². The number of nitrogens with zero attached hydrogens (tertiary/aromatic N) is 1. The molecule has 1 unspecified atom stereocenters. The number of nitriles is 1. The fraction of sp³-hybridized carbons (Fsp3) is 0.417. The largest absolute Gasteiger partial charge is 0.378 e. The van der Waals surface area contributed by atoms with Crippen molar-refractivity contribution in [3.63, 3.8) is 0 Å². The predicted octanol–water partition coefficient (Wildman–Crippen LogP) is 1.56. The highest BCUT2D eigenvalue weighted by Crippen LogP contribution is 2.10. The Morgan fingerprint density at radius 3 is 2.69 bits per heavy atom. The van der Waals surface area contributed by atoms with Crippen molar-refractivity contribution < 1.29 is 9.50 Å². The number of halogens is 1. The highest BCUT2D eigenvalue weighted by atomic mass is 19.1. The summed E-state index contributed by atoms with van der Waals surface area (Å²) in [5.74, 6) is -0.453. The minimum Gasteiger partial charge on any atom is -0.378 e. The molecule has 1 atom stereocenters. The van der Waals surface area contributed by atoms with Gasteiger partial charge in [-0.05, 0) is 37.6 Å². The van der Waals surface area contributed by atoms with Gasteiger partial charge in [0.25, 0.3) is 0 Å². The Bertz CT molecular complexity index is 398. The molecule has 1 aromatic rings. The van der Waals surface area contributed by atoms with E-state index in [1.165, 1.54) is 12.1 Å². The van der Waals surface area contributed by atoms with Crippen molar-refractivity contribution in [1.29, 1.82) is 5.26 Å². The molecule has 0 aliphatic heterocycles. The van der Waals surface area contributed by atoms with Crippen molar-refractivity contribution in [2.75, 3.05) is 0 Å². The van der Waals surface area contributed by atoms with E-state index in [0.717, 1.165) is 0 Å². The van der Waals surface area contributed by atoms with Gasteiger partial charge in [-0.1, -0.05) is 0 Å². The standard InChI is InChI=1S/C12H15FN2O/c1-8(2)15-12(16)6-9-3-10(7-14)5-11(13)4-9/h3-5,8,12,15-16H,6H2,1-2H3. The van der Waals surface area contributed by atoms with Gasteiger partial charge in [0.1, 0.15) is 12.0 Å². The Kier molecular flexibility index (Phi) is 4.41. The van der Waals surface area contributed by atoms with Crippen LogP contribution in [0, 0.1) is 17.1 Å². The van der Waals surface area contributed by atoms with Crippen LogP contribution >= 0.6 is 0 Å². The zero-order chi connectivity index (χ0) is 12.1. The molecule has 0 saturated heterocycles. The van der Waals surface area contributed by atoms with Crippen molar-refractivity contribution in [3.8, 4) is 6.07 Å². The van der Waals surface area contributed by atoms with E-state index >= 15 is 0 Å². The molecule has 86 valence electrons. The third kappa shape index (κ3) is 3.97. The number of aliphatic hydroxyl groups excluding tert-OH is 1. The van der Waals surface area contributed by atoms with Crippen LogP contribution in [0.5, 0.6) is 0 Å². The Labute approximate surface area is 94.5 Å². The molecule has 1 aromatic carbocycles. The number of rotatable bonds is 4. The molecule has 16 heavy (non-hydrogen) atoms. The number of hydrogen-bond donors (Lipinski definition) is 2. The molecule has 1 rings (SSSR count). The van der Waals surface area contributed by atoms with E-state index in [1.807, 2.05) is 19.9 Å². The second-order valence-electron chi connectivity index (χ2n) is 4.00. The van der Waals surface area contributed by atoms with E-state index in [9.17, 15) is 9.50 Å². The Morgan fingerprint density at radius 2 is 2.12 bits per heavy atom. The summed E-state index contributed by atoms with van der Waals surface area (Å²) in [4.78, 5) is 0. The van der Waals surface area contributed by atoms with Crippen molar-refractivity contribution in [2.45, 2.75) is 32.5 Å². The van der Waals surface area contributed by atoms with Gasteiger partial charge < -0.3 is 5.11 Å². The fourth-order valence-electron chi connectivity index (χ4n) is 1.50. The van der Waals surface area contributed by atoms with E-state index in [4.69, 9.17) is 5.26 Å². The van der Waals surface area contributed by atoms with Crippen molar-refractivity contribution in [1.82, 2.24) is 5.32 Å². The summed E-state index contributed by atoms with van der Waals surface area (Å²) in [5.41, 5.74) is 0.879. The van der Waals surface area contributed by atoms with E-state index < -0.39 is 12.0 Å². The predicted molar refractivity (Wildman–Crippen MR) is 59.1 cm³/mol. The van der Waals surface area contributed by atoms with Crippen LogP contribution in [0.4, 0.5) is 4.39 Å². The minimum atomic E-state index is -0.728. The maximum Gasteiger partial charge on any atom is 0.124 e. The van der Waals surface area contributed by atoms with Crippen LogP contribution < -0.4 is 5.32 Å². The molecule has 0 aromatic heterocycles. The highest BCUT2D eigenvalue weighted by molar-refractivity contribution is 5.33. The summed E-state index contributed by atoms with van der Waals surface area (Å²) in [6.07, 6.45) is -0.446. The highest BCUT2D eigenvalue weighted by Gasteiger charge is 2.08. The van der Waals surface area contributed by atoms with Crippen LogP contribution in [0.3, 0.4) is 0 Å². The zero-order valence-corrected chi connectivity index (χ0v) is 9.37. The van der Waals surface area contributed by atoms with E-state index in [1.54, 1.807) is 6.07 Å². The molecule has 0 bridgehead atoms. The Balaban J connectivity index is 2.74. The first-order valence-electron chi connectivity index (χ1n) is 5.15. The summed E-state index contributed by atoms with van der Waals surface area (Å²) in [6.45, 7) is 3.82. The SMILES string of the molecule is CC(C)NC(O)Cc1cc(F)cc(C#N)c1.